The maximum absolute atomic E-state index is 14.1. The number of carbonyl (C=O) groups excluding carboxylic acids is 5. The molecule has 5 N–H and O–H groups in total. The van der Waals surface area contributed by atoms with Gasteiger partial charge in [-0.3, -0.25) is 33.9 Å². The number of amides is 5. The molecule has 0 bridgehead atoms. The maximum Gasteiger partial charge on any atom is 0.255 e. The third-order valence-electron chi connectivity index (χ3n) is 14.7. The van der Waals surface area contributed by atoms with E-state index in [1.165, 1.54) is 4.90 Å². The summed E-state index contributed by atoms with van der Waals surface area (Å²) in [5.41, 5.74) is 9.84. The molecule has 0 spiro atoms. The first kappa shape index (κ1) is 57.8. The molecule has 79 heavy (non-hydrogen) atoms. The van der Waals surface area contributed by atoms with Crippen molar-refractivity contribution in [3.63, 3.8) is 0 Å². The fraction of sp³-hybridized carbons (Fsp3) is 0.426. The Morgan fingerprint density at radius 3 is 2.18 bits per heavy atom. The van der Waals surface area contributed by atoms with E-state index in [1.807, 2.05) is 130 Å². The van der Waals surface area contributed by atoms with E-state index < -0.39 is 23.6 Å². The molecule has 8 rings (SSSR count). The second-order valence-corrected chi connectivity index (χ2v) is 22.7. The van der Waals surface area contributed by atoms with Crippen molar-refractivity contribution in [2.24, 2.45) is 5.41 Å². The van der Waals surface area contributed by atoms with Gasteiger partial charge in [-0.25, -0.2) is 15.0 Å². The van der Waals surface area contributed by atoms with Crippen LogP contribution in [-0.2, 0) is 32.3 Å². The molecule has 2 fully saturated rings. The van der Waals surface area contributed by atoms with Gasteiger partial charge >= 0.3 is 0 Å². The zero-order valence-corrected chi connectivity index (χ0v) is 47.0. The largest absolute Gasteiger partial charge is 0.391 e. The van der Waals surface area contributed by atoms with Crippen LogP contribution in [0.1, 0.15) is 118 Å². The molecule has 6 aromatic rings. The van der Waals surface area contributed by atoms with E-state index in [0.717, 1.165) is 108 Å². The number of thiazole rings is 1. The lowest BCUT2D eigenvalue weighted by molar-refractivity contribution is -0.144. The van der Waals surface area contributed by atoms with Gasteiger partial charge in [-0.15, -0.1) is 11.3 Å². The molecule has 2 aliphatic rings. The molecule has 416 valence electrons. The van der Waals surface area contributed by atoms with Crippen LogP contribution in [0.25, 0.3) is 21.7 Å². The topological polar surface area (TPSA) is 215 Å². The van der Waals surface area contributed by atoms with E-state index in [0.29, 0.717) is 49.6 Å². The van der Waals surface area contributed by atoms with E-state index in [-0.39, 0.29) is 49.0 Å². The molecule has 0 saturated carbocycles. The summed E-state index contributed by atoms with van der Waals surface area (Å²) in [6.45, 7) is 13.6. The van der Waals surface area contributed by atoms with Gasteiger partial charge in [-0.2, -0.15) is 0 Å². The highest BCUT2D eigenvalue weighted by Crippen LogP contribution is 2.30. The number of aliphatic hydroxyl groups excluding tert-OH is 1. The highest BCUT2D eigenvalue weighted by molar-refractivity contribution is 7.13. The number of aryl methyl sites for hydroxylation is 2. The Bertz CT molecular complexity index is 3010. The molecule has 0 aliphatic carbocycles. The van der Waals surface area contributed by atoms with Crippen LogP contribution in [0.4, 0.5) is 17.3 Å². The molecular weight excluding hydrogens is 1010 g/mol. The van der Waals surface area contributed by atoms with Crippen LogP contribution in [-0.4, -0.2) is 120 Å². The first-order chi connectivity index (χ1) is 38.1. The van der Waals surface area contributed by atoms with Gasteiger partial charge in [0.1, 0.15) is 12.1 Å². The lowest BCUT2D eigenvalue weighted by Crippen LogP contribution is -2.57. The number of aliphatic hydroxyl groups is 1. The van der Waals surface area contributed by atoms with E-state index in [9.17, 15) is 29.1 Å². The molecule has 5 heterocycles. The molecule has 3 aromatic heterocycles. The fourth-order valence-electron chi connectivity index (χ4n) is 10.0. The third-order valence-corrected chi connectivity index (χ3v) is 15.7. The summed E-state index contributed by atoms with van der Waals surface area (Å²) in [6.07, 6.45) is 11.7. The number of pyridine rings is 1. The first-order valence-electron chi connectivity index (χ1n) is 27.6. The first-order valence-corrected chi connectivity index (χ1v) is 28.5. The lowest BCUT2D eigenvalue weighted by Gasteiger charge is -2.35. The van der Waals surface area contributed by atoms with Crippen LogP contribution in [0.5, 0.6) is 0 Å². The van der Waals surface area contributed by atoms with Crippen LogP contribution >= 0.6 is 11.3 Å². The average molecular weight is 1090 g/mol. The standard InChI is InChI=1S/C61H75N11O6S/c1-41-17-26-48(34-51(41)68-60-63-29-27-50(67-60)47-14-13-28-62-37-47)66-57(76)46-24-20-44(21-25-46)38-70-30-32-71(33-31-70)54(75)16-12-10-8-6-7-9-11-15-53(74)69-56(61(3,4)5)59(78)72-39-49(73)35-52(72)58(77)64-36-43-18-22-45(23-19-43)55-42(2)65-40-79-55/h13-14,17-29,34,37,40,49,52,56,73H,6-12,15-16,30-33,35-36,38-39H2,1-5H3,(H,64,77)(H,66,76)(H,69,74)(H,63,67,68)/t49-,52+,56?/m1/s1. The number of aromatic nitrogens is 4. The second-order valence-electron chi connectivity index (χ2n) is 21.9. The number of hydrogen-bond acceptors (Lipinski definition) is 13. The maximum atomic E-state index is 14.1. The number of nitrogens with one attached hydrogen (secondary N) is 4. The van der Waals surface area contributed by atoms with Crippen molar-refractivity contribution in [2.45, 2.75) is 130 Å². The zero-order chi connectivity index (χ0) is 55.9. The number of rotatable bonds is 23. The molecule has 2 aliphatic heterocycles. The van der Waals surface area contributed by atoms with E-state index in [2.05, 4.69) is 46.1 Å². The van der Waals surface area contributed by atoms with E-state index >= 15 is 0 Å². The van der Waals surface area contributed by atoms with E-state index in [1.54, 1.807) is 29.9 Å². The number of anilines is 3. The molecule has 5 amide bonds. The summed E-state index contributed by atoms with van der Waals surface area (Å²) in [5, 5.41) is 22.9. The van der Waals surface area contributed by atoms with Gasteiger partial charge in [0, 0.05) is 106 Å². The summed E-state index contributed by atoms with van der Waals surface area (Å²) in [5.74, 6) is -0.479. The predicted molar refractivity (Wildman–Crippen MR) is 309 cm³/mol. The van der Waals surface area contributed by atoms with Gasteiger partial charge < -0.3 is 36.2 Å². The molecule has 2 saturated heterocycles. The molecule has 0 radical (unpaired) electrons. The van der Waals surface area contributed by atoms with Crippen LogP contribution in [0.15, 0.2) is 109 Å². The van der Waals surface area contributed by atoms with Crippen molar-refractivity contribution in [3.8, 4) is 21.7 Å². The molecule has 3 aromatic carbocycles. The number of β-amino-alcohol motifs (C(OH)–C–C–N with tert-alkyl or cyclic N) is 1. The Labute approximate surface area is 468 Å². The number of benzene rings is 3. The fourth-order valence-corrected chi connectivity index (χ4v) is 10.9. The number of likely N-dealkylation sites (tertiary alicyclic amines) is 1. The Morgan fingerprint density at radius 1 is 0.785 bits per heavy atom. The highest BCUT2D eigenvalue weighted by Gasteiger charge is 2.44. The quantitative estimate of drug-likeness (QED) is 0.0380. The van der Waals surface area contributed by atoms with Gasteiger partial charge in [0.15, 0.2) is 0 Å². The minimum Gasteiger partial charge on any atom is -0.391 e. The number of nitrogens with zero attached hydrogens (tertiary/aromatic N) is 7. The van der Waals surface area contributed by atoms with Crippen molar-refractivity contribution < 1.29 is 29.1 Å². The SMILES string of the molecule is Cc1ccc(NC(=O)c2ccc(CN3CCN(C(=O)CCCCCCCCCC(=O)NC(C(=O)N4C[C@H](O)C[C@H]4C(=O)NCc4ccc(-c5scnc5C)cc4)C(C)(C)C)CC3)cc2)cc1Nc1nccc(-c2cccnc2)n1. The van der Waals surface area contributed by atoms with Crippen molar-refractivity contribution in [1.29, 1.82) is 0 Å². The second kappa shape index (κ2) is 27.5. The van der Waals surface area contributed by atoms with Crippen LogP contribution in [0.3, 0.4) is 0 Å². The van der Waals surface area contributed by atoms with Gasteiger partial charge in [-0.1, -0.05) is 95.3 Å². The molecule has 17 nitrogen and oxygen atoms in total. The third kappa shape index (κ3) is 16.3. The van der Waals surface area contributed by atoms with Gasteiger partial charge in [0.05, 0.1) is 27.9 Å². The van der Waals surface area contributed by atoms with Crippen LogP contribution in [0, 0.1) is 19.3 Å². The number of piperazine rings is 1. The van der Waals surface area contributed by atoms with Crippen LogP contribution in [0.2, 0.25) is 0 Å². The Kier molecular flexibility index (Phi) is 20.1. The summed E-state index contributed by atoms with van der Waals surface area (Å²) >= 11 is 1.58. The molecule has 3 atom stereocenters. The summed E-state index contributed by atoms with van der Waals surface area (Å²) in [7, 11) is 0. The van der Waals surface area contributed by atoms with Gasteiger partial charge in [0.25, 0.3) is 5.91 Å². The van der Waals surface area contributed by atoms with E-state index in [4.69, 9.17) is 0 Å². The summed E-state index contributed by atoms with van der Waals surface area (Å²) in [6, 6.07) is 25.2. The average Bonchev–Trinajstić information content (AvgIpc) is 4.08. The summed E-state index contributed by atoms with van der Waals surface area (Å²) in [4.78, 5) is 91.6. The summed E-state index contributed by atoms with van der Waals surface area (Å²) < 4.78 is 0. The number of unbranched alkanes of at least 4 members (excludes halogenated alkanes) is 6. The molecular formula is C61H75N11O6S. The molecule has 1 unspecified atom stereocenters. The normalized spacial score (nSPS) is 16.1. The van der Waals surface area contributed by atoms with Crippen molar-refractivity contribution in [3.05, 3.63) is 137 Å². The van der Waals surface area contributed by atoms with Gasteiger partial charge in [0.2, 0.25) is 29.6 Å². The van der Waals surface area contributed by atoms with Gasteiger partial charge in [-0.05, 0) is 96.8 Å². The monoisotopic (exact) mass is 1090 g/mol. The Morgan fingerprint density at radius 2 is 1.49 bits per heavy atom. The minimum absolute atomic E-state index is 0.0252. The number of carbonyl (C=O) groups is 5. The molecule has 18 heteroatoms. The van der Waals surface area contributed by atoms with Crippen molar-refractivity contribution in [2.75, 3.05) is 43.4 Å². The highest BCUT2D eigenvalue weighted by atomic mass is 32.1. The zero-order valence-electron chi connectivity index (χ0n) is 46.2. The smallest absolute Gasteiger partial charge is 0.255 e. The van der Waals surface area contributed by atoms with Crippen molar-refractivity contribution in [1.82, 2.24) is 45.3 Å². The Hall–Kier alpha value is -7.41. The predicted octanol–water partition coefficient (Wildman–Crippen LogP) is 9.24. The van der Waals surface area contributed by atoms with Crippen LogP contribution < -0.4 is 21.3 Å². The Balaban J connectivity index is 0.675. The minimum atomic E-state index is -0.862. The lowest BCUT2D eigenvalue weighted by atomic mass is 9.85. The van der Waals surface area contributed by atoms with Crippen molar-refractivity contribution >= 4 is 58.2 Å². The number of hydrogen-bond donors (Lipinski definition) is 5.